The predicted molar refractivity (Wildman–Crippen MR) is 244 cm³/mol. The number of ether oxygens (including phenoxy) is 2. The van der Waals surface area contributed by atoms with E-state index in [-0.39, 0.29) is 47.0 Å². The first-order valence-corrected chi connectivity index (χ1v) is 22.8. The molecule has 4 amide bonds. The van der Waals surface area contributed by atoms with E-state index in [9.17, 15) is 34.8 Å². The monoisotopic (exact) mass is 900 g/mol. The highest BCUT2D eigenvalue weighted by atomic mass is 35.5. The number of halogens is 1. The minimum Gasteiger partial charge on any atom is -0.506 e. The molecule has 0 heterocycles. The number of hydrogen-bond donors (Lipinski definition) is 6. The number of anilines is 3. The molecule has 1 atom stereocenters. The number of amides is 4. The molecule has 3 aromatic rings. The molecule has 1 saturated carbocycles. The van der Waals surface area contributed by atoms with Crippen molar-refractivity contribution in [2.45, 2.75) is 141 Å². The van der Waals surface area contributed by atoms with Crippen molar-refractivity contribution >= 4 is 52.5 Å². The highest BCUT2D eigenvalue weighted by Gasteiger charge is 2.25. The number of hydrogen-bond acceptors (Lipinski definition) is 11. The number of nitriles is 2. The summed E-state index contributed by atoms with van der Waals surface area (Å²) >= 11 is 6.74. The van der Waals surface area contributed by atoms with Gasteiger partial charge in [-0.15, -0.1) is 0 Å². The van der Waals surface area contributed by atoms with Gasteiger partial charge in [-0.3, -0.25) is 14.8 Å². The third-order valence-electron chi connectivity index (χ3n) is 11.1. The van der Waals surface area contributed by atoms with Crippen LogP contribution in [0.3, 0.4) is 0 Å². The Labute approximate surface area is 380 Å². The summed E-state index contributed by atoms with van der Waals surface area (Å²) < 4.78 is 11.9. The van der Waals surface area contributed by atoms with Crippen LogP contribution in [0, 0.1) is 22.7 Å². The fraction of sp³-hybridized carbons (Fsp3) is 0.500. The lowest BCUT2D eigenvalue weighted by molar-refractivity contribution is -0.242. The molecule has 0 aromatic heterocycles. The van der Waals surface area contributed by atoms with Crippen molar-refractivity contribution in [2.24, 2.45) is 0 Å². The molecule has 4 rings (SSSR count). The van der Waals surface area contributed by atoms with Gasteiger partial charge in [0.25, 0.3) is 5.91 Å². The fourth-order valence-corrected chi connectivity index (χ4v) is 7.79. The summed E-state index contributed by atoms with van der Waals surface area (Å²) in [6.07, 6.45) is 17.1. The molecule has 64 heavy (non-hydrogen) atoms. The Morgan fingerprint density at radius 2 is 1.48 bits per heavy atom. The number of phenolic OH excluding ortho intramolecular Hbond substituents is 1. The van der Waals surface area contributed by atoms with Crippen LogP contribution in [0.15, 0.2) is 48.5 Å². The van der Waals surface area contributed by atoms with Crippen LogP contribution in [0.2, 0.25) is 5.02 Å². The molecule has 1 unspecified atom stereocenters. The molecule has 1 aliphatic carbocycles. The molecule has 0 aliphatic heterocycles. The van der Waals surface area contributed by atoms with Crippen LogP contribution in [0.25, 0.3) is 0 Å². The lowest BCUT2D eigenvalue weighted by Crippen LogP contribution is -2.41. The molecule has 344 valence electrons. The highest BCUT2D eigenvalue weighted by Crippen LogP contribution is 2.38. The Hall–Kier alpha value is -5.87. The van der Waals surface area contributed by atoms with Crippen molar-refractivity contribution in [1.29, 1.82) is 10.5 Å². The van der Waals surface area contributed by atoms with Gasteiger partial charge >= 0.3 is 12.0 Å². The van der Waals surface area contributed by atoms with Crippen molar-refractivity contribution in [3.05, 3.63) is 70.2 Å². The quantitative estimate of drug-likeness (QED) is 0.0111. The number of nitrogens with one attached hydrogen (secondary N) is 4. The Balaban J connectivity index is 1.45. The van der Waals surface area contributed by atoms with E-state index >= 15 is 0 Å². The highest BCUT2D eigenvalue weighted by molar-refractivity contribution is 6.32. The summed E-state index contributed by atoms with van der Waals surface area (Å²) in [6, 6.07) is 15.0. The van der Waals surface area contributed by atoms with E-state index in [1.54, 1.807) is 6.07 Å². The number of carbonyl (C=O) groups excluding carboxylic acids is 4. The van der Waals surface area contributed by atoms with Crippen molar-refractivity contribution < 1.29 is 43.9 Å². The minimum absolute atomic E-state index is 0.000982. The molecule has 6 N–H and O–H groups in total. The second-order valence-corrected chi connectivity index (χ2v) is 16.5. The van der Waals surface area contributed by atoms with E-state index in [2.05, 4.69) is 33.1 Å². The first-order valence-electron chi connectivity index (χ1n) is 22.4. The maximum Gasteiger partial charge on any atom is 0.330 e. The zero-order valence-electron chi connectivity index (χ0n) is 36.6. The van der Waals surface area contributed by atoms with E-state index in [0.717, 1.165) is 49.8 Å². The van der Waals surface area contributed by atoms with Crippen molar-refractivity contribution in [2.75, 3.05) is 29.1 Å². The van der Waals surface area contributed by atoms with Gasteiger partial charge in [-0.1, -0.05) is 102 Å². The summed E-state index contributed by atoms with van der Waals surface area (Å²) in [4.78, 5) is 57.0. The first-order chi connectivity index (χ1) is 31.0. The van der Waals surface area contributed by atoms with E-state index in [1.807, 2.05) is 24.3 Å². The SMILES string of the molecule is CCCCCCCCCCCCC(Oc1ccc(C2CCCCC2)cc1Cl)C(=O)NCC(=O)Oc1cc(NC(=O)Nc2ccc(C#N)c(C#N)c2)c(O)cc1NC(=O)CCCCOO. The number of aromatic hydroxyl groups is 1. The summed E-state index contributed by atoms with van der Waals surface area (Å²) in [7, 11) is 0. The van der Waals surface area contributed by atoms with Crippen molar-refractivity contribution in [3.63, 3.8) is 0 Å². The number of urea groups is 1. The third kappa shape index (κ3) is 17.4. The number of unbranched alkanes of at least 4 members (excludes halogenated alkanes) is 10. The Bertz CT molecular complexity index is 2100. The minimum atomic E-state index is -0.964. The predicted octanol–water partition coefficient (Wildman–Crippen LogP) is 10.9. The smallest absolute Gasteiger partial charge is 0.330 e. The van der Waals surface area contributed by atoms with E-state index in [1.165, 1.54) is 76.0 Å². The number of benzene rings is 3. The summed E-state index contributed by atoms with van der Waals surface area (Å²) in [5.74, 6) is -1.93. The van der Waals surface area contributed by atoms with Crippen LogP contribution >= 0.6 is 11.6 Å². The standard InChI is InChI=1S/C48H61ClN6O9/c1-2-3-4-5-6-7-8-9-10-14-19-43(63-42-24-22-34(27-38(42)49)33-17-12-11-13-18-33)47(59)52-32-46(58)64-44-29-39(41(56)28-40(44)54-45(57)20-15-16-25-62-61)55-48(60)53-37-23-21-35(30-50)36(26-37)31-51/h21-24,26-29,33,43,56,61H,2-20,25,32H2,1H3,(H,52,59)(H,54,57)(H2,53,55,60). The van der Waals surface area contributed by atoms with Gasteiger partial charge in [0, 0.05) is 24.2 Å². The maximum absolute atomic E-state index is 13.7. The molecular weight excluding hydrogens is 840 g/mol. The molecule has 0 radical (unpaired) electrons. The van der Waals surface area contributed by atoms with Gasteiger partial charge in [-0.05, 0) is 80.3 Å². The Morgan fingerprint density at radius 1 is 0.781 bits per heavy atom. The average Bonchev–Trinajstić information content (AvgIpc) is 3.29. The maximum atomic E-state index is 13.7. The third-order valence-corrected chi connectivity index (χ3v) is 11.4. The van der Waals surface area contributed by atoms with Crippen LogP contribution in [0.1, 0.15) is 152 Å². The molecule has 15 nitrogen and oxygen atoms in total. The van der Waals surface area contributed by atoms with Crippen LogP contribution in [-0.2, 0) is 19.3 Å². The molecule has 0 spiro atoms. The van der Waals surface area contributed by atoms with Gasteiger partial charge in [0.2, 0.25) is 5.91 Å². The van der Waals surface area contributed by atoms with Crippen molar-refractivity contribution in [3.8, 4) is 29.4 Å². The van der Waals surface area contributed by atoms with Gasteiger partial charge in [-0.2, -0.15) is 10.5 Å². The number of esters is 1. The molecule has 1 fully saturated rings. The van der Waals surface area contributed by atoms with Crippen molar-refractivity contribution in [1.82, 2.24) is 5.32 Å². The first kappa shape index (κ1) is 50.8. The van der Waals surface area contributed by atoms with Gasteiger partial charge in [0.15, 0.2) is 11.9 Å². The summed E-state index contributed by atoms with van der Waals surface area (Å²) in [5, 5.41) is 48.6. The number of carbonyl (C=O) groups is 4. The van der Waals surface area contributed by atoms with Crippen LogP contribution < -0.4 is 30.7 Å². The largest absolute Gasteiger partial charge is 0.506 e. The topological polar surface area (TPSA) is 232 Å². The fourth-order valence-electron chi connectivity index (χ4n) is 7.56. The molecular formula is C48H61ClN6O9. The molecule has 16 heteroatoms. The summed E-state index contributed by atoms with van der Waals surface area (Å²) in [5.41, 5.74) is 1.17. The van der Waals surface area contributed by atoms with Gasteiger partial charge in [0.1, 0.15) is 30.2 Å². The second-order valence-electron chi connectivity index (χ2n) is 16.1. The lowest BCUT2D eigenvalue weighted by Gasteiger charge is -2.23. The second kappa shape index (κ2) is 28.0. The molecule has 0 bridgehead atoms. The number of nitrogens with zero attached hydrogens (tertiary/aromatic N) is 2. The van der Waals surface area contributed by atoms with Crippen LogP contribution in [0.5, 0.6) is 17.2 Å². The molecule has 3 aromatic carbocycles. The van der Waals surface area contributed by atoms with E-state index in [4.69, 9.17) is 26.3 Å². The van der Waals surface area contributed by atoms with E-state index < -0.39 is 42.2 Å². The number of rotatable bonds is 26. The Kier molecular flexibility index (Phi) is 22.2. The lowest BCUT2D eigenvalue weighted by atomic mass is 9.84. The van der Waals surface area contributed by atoms with Gasteiger partial charge < -0.3 is 35.8 Å². The normalized spacial score (nSPS) is 12.9. The molecule has 0 saturated heterocycles. The van der Waals surface area contributed by atoms with E-state index in [0.29, 0.717) is 42.4 Å². The zero-order chi connectivity index (χ0) is 46.1. The Morgan fingerprint density at radius 3 is 2.16 bits per heavy atom. The van der Waals surface area contributed by atoms with Crippen LogP contribution in [-0.4, -0.2) is 53.4 Å². The van der Waals surface area contributed by atoms with Gasteiger partial charge in [0.05, 0.1) is 34.1 Å². The number of phenols is 1. The summed E-state index contributed by atoms with van der Waals surface area (Å²) in [6.45, 7) is 1.64. The van der Waals surface area contributed by atoms with Gasteiger partial charge in [-0.25, -0.2) is 14.5 Å². The zero-order valence-corrected chi connectivity index (χ0v) is 37.4. The average molecular weight is 902 g/mol. The molecule has 1 aliphatic rings. The van der Waals surface area contributed by atoms with Crippen LogP contribution in [0.4, 0.5) is 21.9 Å².